The lowest BCUT2D eigenvalue weighted by Crippen LogP contribution is -2.37. The minimum absolute atomic E-state index is 0.144. The van der Waals surface area contributed by atoms with E-state index in [0.717, 1.165) is 24.3 Å². The van der Waals surface area contributed by atoms with Crippen molar-refractivity contribution in [3.8, 4) is 0 Å². The third-order valence-electron chi connectivity index (χ3n) is 2.76. The molecule has 4 heteroatoms. The number of ether oxygens (including phenoxy) is 1. The molecule has 1 aromatic carbocycles. The van der Waals surface area contributed by atoms with Crippen molar-refractivity contribution in [1.29, 1.82) is 0 Å². The van der Waals surface area contributed by atoms with E-state index in [1.54, 1.807) is 6.07 Å². The van der Waals surface area contributed by atoms with Crippen LogP contribution in [0.3, 0.4) is 0 Å². The van der Waals surface area contributed by atoms with Crippen LogP contribution in [0.25, 0.3) is 0 Å². The quantitative estimate of drug-likeness (QED) is 0.839. The summed E-state index contributed by atoms with van der Waals surface area (Å²) in [6.07, 6.45) is 0. The number of hydrogen-bond acceptors (Lipinski definition) is 3. The third-order valence-corrected chi connectivity index (χ3v) is 2.76. The van der Waals surface area contributed by atoms with Crippen LogP contribution in [-0.2, 0) is 11.3 Å². The number of anilines is 1. The van der Waals surface area contributed by atoms with Gasteiger partial charge in [-0.15, -0.1) is 0 Å². The van der Waals surface area contributed by atoms with Crippen LogP contribution >= 0.6 is 0 Å². The molecule has 0 atom stereocenters. The predicted molar refractivity (Wildman–Crippen MR) is 62.2 cm³/mol. The molecule has 1 N–H and O–H groups in total. The van der Waals surface area contributed by atoms with Gasteiger partial charge in [0, 0.05) is 19.6 Å². The van der Waals surface area contributed by atoms with Gasteiger partial charge in [-0.3, -0.25) is 0 Å². The van der Waals surface area contributed by atoms with Crippen LogP contribution in [0.5, 0.6) is 0 Å². The Kier molecular flexibility index (Phi) is 3.74. The lowest BCUT2D eigenvalue weighted by atomic mass is 10.1. The molecule has 0 unspecified atom stereocenters. The molecular formula is C12H17FN2O. The van der Waals surface area contributed by atoms with Crippen molar-refractivity contribution in [3.63, 3.8) is 0 Å². The Morgan fingerprint density at radius 2 is 2.12 bits per heavy atom. The molecule has 1 fully saturated rings. The van der Waals surface area contributed by atoms with Crippen molar-refractivity contribution >= 4 is 5.69 Å². The van der Waals surface area contributed by atoms with E-state index in [1.807, 2.05) is 13.1 Å². The van der Waals surface area contributed by atoms with E-state index in [4.69, 9.17) is 4.74 Å². The van der Waals surface area contributed by atoms with Gasteiger partial charge < -0.3 is 15.0 Å². The van der Waals surface area contributed by atoms with E-state index in [0.29, 0.717) is 19.8 Å². The van der Waals surface area contributed by atoms with Crippen molar-refractivity contribution in [2.45, 2.75) is 6.54 Å². The second-order valence-corrected chi connectivity index (χ2v) is 3.88. The summed E-state index contributed by atoms with van der Waals surface area (Å²) in [6, 6.07) is 5.24. The highest BCUT2D eigenvalue weighted by atomic mass is 19.1. The number of benzene rings is 1. The first kappa shape index (κ1) is 11.4. The van der Waals surface area contributed by atoms with E-state index in [-0.39, 0.29) is 5.82 Å². The van der Waals surface area contributed by atoms with Gasteiger partial charge in [0.15, 0.2) is 0 Å². The van der Waals surface area contributed by atoms with Gasteiger partial charge in [0.25, 0.3) is 0 Å². The normalized spacial score (nSPS) is 16.5. The van der Waals surface area contributed by atoms with Gasteiger partial charge in [-0.05, 0) is 18.7 Å². The van der Waals surface area contributed by atoms with Gasteiger partial charge in [-0.25, -0.2) is 4.39 Å². The summed E-state index contributed by atoms with van der Waals surface area (Å²) < 4.78 is 19.1. The molecule has 0 radical (unpaired) electrons. The van der Waals surface area contributed by atoms with Crippen LogP contribution in [-0.4, -0.2) is 33.4 Å². The zero-order chi connectivity index (χ0) is 11.4. The van der Waals surface area contributed by atoms with Gasteiger partial charge in [0.05, 0.1) is 18.9 Å². The number of halogens is 1. The molecule has 1 heterocycles. The molecule has 0 spiro atoms. The summed E-state index contributed by atoms with van der Waals surface area (Å²) in [7, 11) is 1.87. The number of rotatable bonds is 3. The van der Waals surface area contributed by atoms with E-state index >= 15 is 0 Å². The molecule has 88 valence electrons. The summed E-state index contributed by atoms with van der Waals surface area (Å²) in [5.41, 5.74) is 1.73. The molecule has 0 amide bonds. The Hall–Kier alpha value is -1.13. The van der Waals surface area contributed by atoms with Gasteiger partial charge >= 0.3 is 0 Å². The summed E-state index contributed by atoms with van der Waals surface area (Å²) in [5.74, 6) is -0.144. The molecule has 2 rings (SSSR count). The molecule has 0 aliphatic carbocycles. The van der Waals surface area contributed by atoms with E-state index in [1.165, 1.54) is 6.07 Å². The van der Waals surface area contributed by atoms with Crippen molar-refractivity contribution in [2.24, 2.45) is 0 Å². The Morgan fingerprint density at radius 3 is 2.81 bits per heavy atom. The summed E-state index contributed by atoms with van der Waals surface area (Å²) in [5, 5.41) is 3.07. The van der Waals surface area contributed by atoms with Crippen molar-refractivity contribution < 1.29 is 9.13 Å². The van der Waals surface area contributed by atoms with Crippen molar-refractivity contribution in [3.05, 3.63) is 29.6 Å². The lowest BCUT2D eigenvalue weighted by molar-refractivity contribution is 0.122. The third kappa shape index (κ3) is 2.33. The average Bonchev–Trinajstić information content (AvgIpc) is 2.31. The van der Waals surface area contributed by atoms with Crippen molar-refractivity contribution in [2.75, 3.05) is 38.3 Å². The molecular weight excluding hydrogens is 207 g/mol. The van der Waals surface area contributed by atoms with Crippen LogP contribution < -0.4 is 10.2 Å². The van der Waals surface area contributed by atoms with Gasteiger partial charge in [0.2, 0.25) is 0 Å². The van der Waals surface area contributed by atoms with Gasteiger partial charge in [0.1, 0.15) is 5.82 Å². The van der Waals surface area contributed by atoms with E-state index < -0.39 is 0 Å². The molecule has 1 aliphatic heterocycles. The molecule has 1 aliphatic rings. The SMILES string of the molecule is CNCc1cccc(F)c1N1CCOCC1. The average molecular weight is 224 g/mol. The summed E-state index contributed by atoms with van der Waals surface area (Å²) in [6.45, 7) is 3.56. The number of hydrogen-bond donors (Lipinski definition) is 1. The number of nitrogens with zero attached hydrogens (tertiary/aromatic N) is 1. The first-order chi connectivity index (χ1) is 7.83. The minimum Gasteiger partial charge on any atom is -0.378 e. The van der Waals surface area contributed by atoms with E-state index in [2.05, 4.69) is 10.2 Å². The highest BCUT2D eigenvalue weighted by Gasteiger charge is 2.17. The first-order valence-corrected chi connectivity index (χ1v) is 5.57. The highest BCUT2D eigenvalue weighted by Crippen LogP contribution is 2.25. The molecule has 0 bridgehead atoms. The predicted octanol–water partition coefficient (Wildman–Crippen LogP) is 1.38. The maximum atomic E-state index is 13.8. The van der Waals surface area contributed by atoms with Gasteiger partial charge in [-0.1, -0.05) is 12.1 Å². The molecule has 16 heavy (non-hydrogen) atoms. The molecule has 0 saturated carbocycles. The fourth-order valence-corrected chi connectivity index (χ4v) is 2.03. The van der Waals surface area contributed by atoms with Crippen LogP contribution in [0.2, 0.25) is 0 Å². The van der Waals surface area contributed by atoms with Crippen LogP contribution in [0.4, 0.5) is 10.1 Å². The molecule has 1 saturated heterocycles. The Balaban J connectivity index is 2.28. The zero-order valence-corrected chi connectivity index (χ0v) is 9.50. The summed E-state index contributed by atoms with van der Waals surface area (Å²) >= 11 is 0. The van der Waals surface area contributed by atoms with Crippen LogP contribution in [0, 0.1) is 5.82 Å². The van der Waals surface area contributed by atoms with Crippen LogP contribution in [0.15, 0.2) is 18.2 Å². The smallest absolute Gasteiger partial charge is 0.146 e. The zero-order valence-electron chi connectivity index (χ0n) is 9.50. The molecule has 3 nitrogen and oxygen atoms in total. The lowest BCUT2D eigenvalue weighted by Gasteiger charge is -2.30. The number of morpholine rings is 1. The number of nitrogens with one attached hydrogen (secondary N) is 1. The minimum atomic E-state index is -0.144. The monoisotopic (exact) mass is 224 g/mol. The van der Waals surface area contributed by atoms with Gasteiger partial charge in [-0.2, -0.15) is 0 Å². The Bertz CT molecular complexity index is 351. The topological polar surface area (TPSA) is 24.5 Å². The second kappa shape index (κ2) is 5.27. The standard InChI is InChI=1S/C12H17FN2O/c1-14-9-10-3-2-4-11(13)12(10)15-5-7-16-8-6-15/h2-4,14H,5-9H2,1H3. The summed E-state index contributed by atoms with van der Waals surface area (Å²) in [4.78, 5) is 2.06. The number of para-hydroxylation sites is 1. The maximum absolute atomic E-state index is 13.8. The van der Waals surface area contributed by atoms with Crippen LogP contribution in [0.1, 0.15) is 5.56 Å². The second-order valence-electron chi connectivity index (χ2n) is 3.88. The first-order valence-electron chi connectivity index (χ1n) is 5.57. The highest BCUT2D eigenvalue weighted by molar-refractivity contribution is 5.55. The van der Waals surface area contributed by atoms with Crippen molar-refractivity contribution in [1.82, 2.24) is 5.32 Å². The van der Waals surface area contributed by atoms with E-state index in [9.17, 15) is 4.39 Å². The Morgan fingerprint density at radius 1 is 1.38 bits per heavy atom. The fraction of sp³-hybridized carbons (Fsp3) is 0.500. The largest absolute Gasteiger partial charge is 0.378 e. The Labute approximate surface area is 95.2 Å². The molecule has 1 aromatic rings. The fourth-order valence-electron chi connectivity index (χ4n) is 2.03. The molecule has 0 aromatic heterocycles. The maximum Gasteiger partial charge on any atom is 0.146 e.